The van der Waals surface area contributed by atoms with Crippen LogP contribution in [0.15, 0.2) is 36.4 Å². The van der Waals surface area contributed by atoms with Crippen LogP contribution < -0.4 is 10.5 Å². The lowest BCUT2D eigenvalue weighted by atomic mass is 10.0. The molecule has 0 saturated heterocycles. The Morgan fingerprint density at radius 3 is 2.43 bits per heavy atom. The van der Waals surface area contributed by atoms with Crippen LogP contribution in [0.5, 0.6) is 11.5 Å². The van der Waals surface area contributed by atoms with Gasteiger partial charge in [-0.05, 0) is 55.2 Å². The molecule has 21 heavy (non-hydrogen) atoms. The van der Waals surface area contributed by atoms with Crippen molar-refractivity contribution in [2.75, 3.05) is 0 Å². The van der Waals surface area contributed by atoms with Gasteiger partial charge in [0.1, 0.15) is 17.3 Å². The normalized spacial score (nSPS) is 12.5. The fraction of sp³-hybridized carbons (Fsp3) is 0.333. The minimum absolute atomic E-state index is 0.259. The third-order valence-corrected chi connectivity index (χ3v) is 3.53. The summed E-state index contributed by atoms with van der Waals surface area (Å²) in [6.07, 6.45) is 0. The summed E-state index contributed by atoms with van der Waals surface area (Å²) in [6.45, 7) is 7.81. The Balaban J connectivity index is 2.39. The van der Waals surface area contributed by atoms with Gasteiger partial charge in [0.2, 0.25) is 0 Å². The molecule has 0 aliphatic heterocycles. The van der Waals surface area contributed by atoms with Gasteiger partial charge < -0.3 is 10.5 Å². The van der Waals surface area contributed by atoms with Gasteiger partial charge in [-0.3, -0.25) is 0 Å². The molecular formula is C18H22FNO. The minimum Gasteiger partial charge on any atom is -0.457 e. The van der Waals surface area contributed by atoms with Gasteiger partial charge >= 0.3 is 0 Å². The van der Waals surface area contributed by atoms with Gasteiger partial charge in [0.25, 0.3) is 0 Å². The van der Waals surface area contributed by atoms with Crippen molar-refractivity contribution in [3.05, 3.63) is 58.9 Å². The fourth-order valence-electron chi connectivity index (χ4n) is 2.18. The first kappa shape index (κ1) is 15.5. The molecule has 112 valence electrons. The first-order chi connectivity index (χ1) is 9.88. The van der Waals surface area contributed by atoms with Crippen molar-refractivity contribution in [1.29, 1.82) is 0 Å². The average molecular weight is 287 g/mol. The summed E-state index contributed by atoms with van der Waals surface area (Å²) in [5, 5.41) is 0. The van der Waals surface area contributed by atoms with Crippen LogP contribution in [0.4, 0.5) is 4.39 Å². The van der Waals surface area contributed by atoms with Gasteiger partial charge in [0, 0.05) is 11.6 Å². The second-order valence-electron chi connectivity index (χ2n) is 5.76. The monoisotopic (exact) mass is 287 g/mol. The summed E-state index contributed by atoms with van der Waals surface area (Å²) in [6, 6.07) is 10.8. The van der Waals surface area contributed by atoms with E-state index in [-0.39, 0.29) is 11.9 Å². The molecule has 0 aliphatic carbocycles. The second kappa shape index (κ2) is 6.27. The highest BCUT2D eigenvalue weighted by molar-refractivity contribution is 5.43. The van der Waals surface area contributed by atoms with Crippen LogP contribution >= 0.6 is 0 Å². The molecule has 2 nitrogen and oxygen atoms in total. The SMILES string of the molecule is Cc1cc(Oc2cccc(C(C)C)c2)c([C@H](C)N)cc1F. The molecule has 0 aliphatic rings. The molecule has 0 spiro atoms. The van der Waals surface area contributed by atoms with Crippen LogP contribution in [-0.2, 0) is 0 Å². The topological polar surface area (TPSA) is 35.2 Å². The zero-order chi connectivity index (χ0) is 15.6. The lowest BCUT2D eigenvalue weighted by molar-refractivity contribution is 0.467. The van der Waals surface area contributed by atoms with Gasteiger partial charge in [0.15, 0.2) is 0 Å². The highest BCUT2D eigenvalue weighted by atomic mass is 19.1. The molecule has 0 radical (unpaired) electrons. The predicted octanol–water partition coefficient (Wildman–Crippen LogP) is 5.07. The summed E-state index contributed by atoms with van der Waals surface area (Å²) in [5.41, 5.74) is 8.35. The maximum absolute atomic E-state index is 13.7. The fourth-order valence-corrected chi connectivity index (χ4v) is 2.18. The zero-order valence-corrected chi connectivity index (χ0v) is 13.0. The third kappa shape index (κ3) is 3.61. The van der Waals surface area contributed by atoms with Crippen molar-refractivity contribution in [1.82, 2.24) is 0 Å². The molecule has 1 atom stereocenters. The summed E-state index contributed by atoms with van der Waals surface area (Å²) >= 11 is 0. The van der Waals surface area contributed by atoms with Crippen LogP contribution in [0.25, 0.3) is 0 Å². The first-order valence-electron chi connectivity index (χ1n) is 7.22. The summed E-state index contributed by atoms with van der Waals surface area (Å²) < 4.78 is 19.7. The highest BCUT2D eigenvalue weighted by Crippen LogP contribution is 2.32. The number of rotatable bonds is 4. The number of aryl methyl sites for hydroxylation is 1. The molecule has 0 unspecified atom stereocenters. The Morgan fingerprint density at radius 1 is 1.10 bits per heavy atom. The van der Waals surface area contributed by atoms with E-state index < -0.39 is 0 Å². The van der Waals surface area contributed by atoms with Crippen LogP contribution in [0.1, 0.15) is 49.4 Å². The van der Waals surface area contributed by atoms with Crippen LogP contribution in [0.2, 0.25) is 0 Å². The van der Waals surface area contributed by atoms with Crippen LogP contribution in [0, 0.1) is 12.7 Å². The van der Waals surface area contributed by atoms with Gasteiger partial charge in [-0.2, -0.15) is 0 Å². The molecule has 0 amide bonds. The van der Waals surface area contributed by atoms with Crippen molar-refractivity contribution in [2.24, 2.45) is 5.73 Å². The van der Waals surface area contributed by atoms with E-state index in [2.05, 4.69) is 19.9 Å². The highest BCUT2D eigenvalue weighted by Gasteiger charge is 2.13. The van der Waals surface area contributed by atoms with Crippen LogP contribution in [-0.4, -0.2) is 0 Å². The third-order valence-electron chi connectivity index (χ3n) is 3.53. The maximum atomic E-state index is 13.7. The standard InChI is InChI=1S/C18H22FNO/c1-11(2)14-6-5-7-15(9-14)21-18-8-12(3)17(19)10-16(18)13(4)20/h5-11,13H,20H2,1-4H3/t13-/m0/s1. The minimum atomic E-state index is -0.289. The molecule has 2 N–H and O–H groups in total. The van der Waals surface area contributed by atoms with E-state index in [4.69, 9.17) is 10.5 Å². The van der Waals surface area contributed by atoms with E-state index in [0.717, 1.165) is 5.75 Å². The van der Waals surface area contributed by atoms with Gasteiger partial charge in [-0.15, -0.1) is 0 Å². The molecule has 2 aromatic carbocycles. The van der Waals surface area contributed by atoms with E-state index >= 15 is 0 Å². The molecule has 0 aromatic heterocycles. The second-order valence-corrected chi connectivity index (χ2v) is 5.76. The molecule has 3 heteroatoms. The van der Waals surface area contributed by atoms with E-state index in [1.807, 2.05) is 25.1 Å². The predicted molar refractivity (Wildman–Crippen MR) is 84.3 cm³/mol. The van der Waals surface area contributed by atoms with E-state index in [1.54, 1.807) is 13.0 Å². The number of hydrogen-bond donors (Lipinski definition) is 1. The average Bonchev–Trinajstić information content (AvgIpc) is 2.42. The van der Waals surface area contributed by atoms with E-state index in [0.29, 0.717) is 22.8 Å². The Morgan fingerprint density at radius 2 is 1.81 bits per heavy atom. The van der Waals surface area contributed by atoms with Crippen molar-refractivity contribution >= 4 is 0 Å². The lowest BCUT2D eigenvalue weighted by Gasteiger charge is -2.16. The quantitative estimate of drug-likeness (QED) is 0.852. The Kier molecular flexibility index (Phi) is 4.63. The zero-order valence-electron chi connectivity index (χ0n) is 13.0. The van der Waals surface area contributed by atoms with Crippen molar-refractivity contribution < 1.29 is 9.13 Å². The molecule has 2 rings (SSSR count). The number of benzene rings is 2. The Hall–Kier alpha value is -1.87. The molecule has 0 fully saturated rings. The molecule has 0 saturated carbocycles. The van der Waals surface area contributed by atoms with E-state index in [1.165, 1.54) is 11.6 Å². The first-order valence-corrected chi connectivity index (χ1v) is 7.22. The number of halogens is 1. The number of nitrogens with two attached hydrogens (primary N) is 1. The van der Waals surface area contributed by atoms with Crippen molar-refractivity contribution in [2.45, 2.75) is 39.7 Å². The van der Waals surface area contributed by atoms with Gasteiger partial charge in [-0.1, -0.05) is 26.0 Å². The number of ether oxygens (including phenoxy) is 1. The molecule has 2 aromatic rings. The summed E-state index contributed by atoms with van der Waals surface area (Å²) in [7, 11) is 0. The van der Waals surface area contributed by atoms with E-state index in [9.17, 15) is 4.39 Å². The maximum Gasteiger partial charge on any atom is 0.132 e. The Bertz CT molecular complexity index is 635. The molecule has 0 heterocycles. The smallest absolute Gasteiger partial charge is 0.132 e. The van der Waals surface area contributed by atoms with Gasteiger partial charge in [0.05, 0.1) is 0 Å². The van der Waals surface area contributed by atoms with Gasteiger partial charge in [-0.25, -0.2) is 4.39 Å². The molecular weight excluding hydrogens is 265 g/mol. The largest absolute Gasteiger partial charge is 0.457 e. The molecule has 0 bridgehead atoms. The summed E-state index contributed by atoms with van der Waals surface area (Å²) in [4.78, 5) is 0. The Labute approximate surface area is 125 Å². The van der Waals surface area contributed by atoms with Crippen molar-refractivity contribution in [3.63, 3.8) is 0 Å². The lowest BCUT2D eigenvalue weighted by Crippen LogP contribution is -2.08. The van der Waals surface area contributed by atoms with Crippen LogP contribution in [0.3, 0.4) is 0 Å². The summed E-state index contributed by atoms with van der Waals surface area (Å²) in [5.74, 6) is 1.53. The van der Waals surface area contributed by atoms with Crippen molar-refractivity contribution in [3.8, 4) is 11.5 Å². The number of hydrogen-bond acceptors (Lipinski definition) is 2.